The van der Waals surface area contributed by atoms with Crippen LogP contribution in [-0.4, -0.2) is 23.3 Å². The molecule has 1 atom stereocenters. The predicted molar refractivity (Wildman–Crippen MR) is 113 cm³/mol. The number of nitrogens with one attached hydrogen (secondary N) is 1. The quantitative estimate of drug-likeness (QED) is 0.648. The zero-order chi connectivity index (χ0) is 20.2. The number of esters is 1. The number of hydrogen-bond acceptors (Lipinski definition) is 3. The van der Waals surface area contributed by atoms with E-state index in [1.807, 2.05) is 25.1 Å². The molecule has 0 unspecified atom stereocenters. The van der Waals surface area contributed by atoms with Crippen LogP contribution in [0, 0.1) is 5.92 Å². The van der Waals surface area contributed by atoms with Crippen molar-refractivity contribution >= 4 is 11.8 Å². The van der Waals surface area contributed by atoms with Gasteiger partial charge in [0, 0.05) is 17.7 Å². The Bertz CT molecular complexity index is 862. The van der Waals surface area contributed by atoms with E-state index >= 15 is 0 Å². The minimum atomic E-state index is -0.329. The number of Topliss-reactive ketones (excluding diaryl/α,β-unsaturated/α-hetero) is 1. The van der Waals surface area contributed by atoms with Crippen LogP contribution in [-0.2, 0) is 17.6 Å². The van der Waals surface area contributed by atoms with E-state index in [1.165, 1.54) is 37.7 Å². The lowest BCUT2D eigenvalue weighted by Crippen LogP contribution is -2.19. The molecule has 1 N–H and O–H groups in total. The molecule has 1 saturated carbocycles. The Morgan fingerprint density at radius 2 is 1.86 bits per heavy atom. The number of carbonyl (C=O) groups is 2. The van der Waals surface area contributed by atoms with E-state index in [4.69, 9.17) is 4.74 Å². The monoisotopic (exact) mass is 393 g/mol. The van der Waals surface area contributed by atoms with Gasteiger partial charge in [0.15, 0.2) is 5.78 Å². The van der Waals surface area contributed by atoms with Crippen molar-refractivity contribution in [2.24, 2.45) is 5.92 Å². The smallest absolute Gasteiger partial charge is 0.355 e. The van der Waals surface area contributed by atoms with Gasteiger partial charge in [-0.05, 0) is 49.1 Å². The number of aromatic amines is 1. The third-order valence-corrected chi connectivity index (χ3v) is 6.62. The lowest BCUT2D eigenvalue weighted by Gasteiger charge is -2.23. The maximum atomic E-state index is 13.2. The van der Waals surface area contributed by atoms with E-state index in [1.54, 1.807) is 0 Å². The highest BCUT2D eigenvalue weighted by Crippen LogP contribution is 2.37. The van der Waals surface area contributed by atoms with Crippen LogP contribution in [0.1, 0.15) is 95.5 Å². The Kier molecular flexibility index (Phi) is 6.17. The Hall–Kier alpha value is -2.36. The molecule has 29 heavy (non-hydrogen) atoms. The minimum absolute atomic E-state index is 0.158. The summed E-state index contributed by atoms with van der Waals surface area (Å²) in [5, 5.41) is 0. The number of H-pyrrole nitrogens is 1. The first-order chi connectivity index (χ1) is 14.2. The van der Waals surface area contributed by atoms with Crippen molar-refractivity contribution in [2.75, 3.05) is 6.61 Å². The standard InChI is InChI=1S/C25H31NO3/c1-2-29-25(28)24-20(14-13-17-9-5-3-6-10-17)23-21(26-24)15-19(16-22(23)27)18-11-7-4-8-12-18/h4,7-8,11-12,17,19,26H,2-3,5-6,9-10,13-16H2,1H3/t19-/m0/s1. The van der Waals surface area contributed by atoms with Crippen molar-refractivity contribution in [3.05, 3.63) is 58.4 Å². The lowest BCUT2D eigenvalue weighted by molar-refractivity contribution is 0.0518. The molecule has 2 aromatic rings. The summed E-state index contributed by atoms with van der Waals surface area (Å²) < 4.78 is 5.30. The van der Waals surface area contributed by atoms with Crippen molar-refractivity contribution in [2.45, 2.75) is 70.6 Å². The van der Waals surface area contributed by atoms with Gasteiger partial charge in [0.25, 0.3) is 0 Å². The van der Waals surface area contributed by atoms with E-state index in [-0.39, 0.29) is 17.7 Å². The van der Waals surface area contributed by atoms with Gasteiger partial charge in [0.1, 0.15) is 5.69 Å². The molecule has 4 nitrogen and oxygen atoms in total. The van der Waals surface area contributed by atoms with Crippen LogP contribution in [0.15, 0.2) is 30.3 Å². The largest absolute Gasteiger partial charge is 0.461 e. The molecule has 0 radical (unpaired) electrons. The van der Waals surface area contributed by atoms with E-state index in [9.17, 15) is 9.59 Å². The molecular formula is C25H31NO3. The van der Waals surface area contributed by atoms with Crippen molar-refractivity contribution in [3.63, 3.8) is 0 Å². The molecule has 2 aliphatic rings. The fourth-order valence-corrected chi connectivity index (χ4v) is 5.14. The van der Waals surface area contributed by atoms with E-state index in [0.29, 0.717) is 24.6 Å². The van der Waals surface area contributed by atoms with Gasteiger partial charge in [0.2, 0.25) is 0 Å². The summed E-state index contributed by atoms with van der Waals surface area (Å²) in [6.45, 7) is 2.16. The zero-order valence-corrected chi connectivity index (χ0v) is 17.3. The fraction of sp³-hybridized carbons (Fsp3) is 0.520. The highest BCUT2D eigenvalue weighted by atomic mass is 16.5. The van der Waals surface area contributed by atoms with Gasteiger partial charge in [-0.3, -0.25) is 4.79 Å². The molecule has 1 aromatic heterocycles. The normalized spacial score (nSPS) is 19.8. The van der Waals surface area contributed by atoms with Gasteiger partial charge < -0.3 is 9.72 Å². The van der Waals surface area contributed by atoms with Crippen LogP contribution < -0.4 is 0 Å². The van der Waals surface area contributed by atoms with E-state index in [2.05, 4.69) is 17.1 Å². The SMILES string of the molecule is CCOC(=O)c1[nH]c2c(c1CCC1CCCCC1)C(=O)C[C@@H](c1ccccc1)C2. The summed E-state index contributed by atoms with van der Waals surface area (Å²) in [7, 11) is 0. The molecule has 1 heterocycles. The second-order valence-electron chi connectivity index (χ2n) is 8.53. The fourth-order valence-electron chi connectivity index (χ4n) is 5.14. The first-order valence-electron chi connectivity index (χ1n) is 11.2. The molecule has 2 aliphatic carbocycles. The average molecular weight is 394 g/mol. The maximum Gasteiger partial charge on any atom is 0.355 e. The molecule has 0 aliphatic heterocycles. The van der Waals surface area contributed by atoms with Crippen molar-refractivity contribution in [1.82, 2.24) is 4.98 Å². The zero-order valence-electron chi connectivity index (χ0n) is 17.3. The molecule has 0 amide bonds. The number of ether oxygens (including phenoxy) is 1. The van der Waals surface area contributed by atoms with Crippen LogP contribution in [0.2, 0.25) is 0 Å². The highest BCUT2D eigenvalue weighted by Gasteiger charge is 2.33. The number of fused-ring (bicyclic) bond motifs is 1. The first-order valence-corrected chi connectivity index (χ1v) is 11.2. The Balaban J connectivity index is 1.62. The van der Waals surface area contributed by atoms with Crippen LogP contribution in [0.3, 0.4) is 0 Å². The Morgan fingerprint density at radius 1 is 1.10 bits per heavy atom. The van der Waals surface area contributed by atoms with Crippen molar-refractivity contribution < 1.29 is 14.3 Å². The number of rotatable bonds is 6. The van der Waals surface area contributed by atoms with Crippen molar-refractivity contribution in [3.8, 4) is 0 Å². The molecule has 154 valence electrons. The second kappa shape index (κ2) is 8.98. The summed E-state index contributed by atoms with van der Waals surface area (Å²) in [5.41, 5.74) is 4.28. The number of ketones is 1. The molecule has 1 fully saturated rings. The number of aromatic nitrogens is 1. The summed E-state index contributed by atoms with van der Waals surface area (Å²) in [4.78, 5) is 29.1. The van der Waals surface area contributed by atoms with Crippen LogP contribution in [0.5, 0.6) is 0 Å². The van der Waals surface area contributed by atoms with Gasteiger partial charge in [-0.15, -0.1) is 0 Å². The lowest BCUT2D eigenvalue weighted by atomic mass is 9.80. The predicted octanol–water partition coefficient (Wildman–Crippen LogP) is 5.62. The van der Waals surface area contributed by atoms with Gasteiger partial charge in [-0.25, -0.2) is 4.79 Å². The molecule has 4 heteroatoms. The number of carbonyl (C=O) groups excluding carboxylic acids is 2. The highest BCUT2D eigenvalue weighted by molar-refractivity contribution is 6.03. The summed E-state index contributed by atoms with van der Waals surface area (Å²) in [5.74, 6) is 0.700. The molecule has 4 rings (SSSR count). The third kappa shape index (κ3) is 4.31. The molecule has 0 spiro atoms. The summed E-state index contributed by atoms with van der Waals surface area (Å²) in [6, 6.07) is 10.2. The van der Waals surface area contributed by atoms with Crippen LogP contribution in [0.25, 0.3) is 0 Å². The first kappa shape index (κ1) is 19.9. The van der Waals surface area contributed by atoms with Crippen LogP contribution >= 0.6 is 0 Å². The Morgan fingerprint density at radius 3 is 2.59 bits per heavy atom. The minimum Gasteiger partial charge on any atom is -0.461 e. The molecule has 1 aromatic carbocycles. The number of benzene rings is 1. The summed E-state index contributed by atoms with van der Waals surface area (Å²) >= 11 is 0. The van der Waals surface area contributed by atoms with E-state index in [0.717, 1.165) is 36.1 Å². The summed E-state index contributed by atoms with van der Waals surface area (Å²) in [6.07, 6.45) is 9.59. The van der Waals surface area contributed by atoms with Gasteiger partial charge in [0.05, 0.1) is 6.61 Å². The maximum absolute atomic E-state index is 13.2. The number of hydrogen-bond donors (Lipinski definition) is 1. The van der Waals surface area contributed by atoms with Gasteiger partial charge >= 0.3 is 5.97 Å². The average Bonchev–Trinajstić information content (AvgIpc) is 3.13. The molecule has 0 bridgehead atoms. The van der Waals surface area contributed by atoms with E-state index < -0.39 is 0 Å². The topological polar surface area (TPSA) is 59.2 Å². The van der Waals surface area contributed by atoms with Gasteiger partial charge in [-0.1, -0.05) is 62.4 Å². The molecule has 0 saturated heterocycles. The third-order valence-electron chi connectivity index (χ3n) is 6.62. The van der Waals surface area contributed by atoms with Crippen LogP contribution in [0.4, 0.5) is 0 Å². The van der Waals surface area contributed by atoms with Crippen molar-refractivity contribution in [1.29, 1.82) is 0 Å². The Labute approximate surface area is 173 Å². The molecular weight excluding hydrogens is 362 g/mol. The second-order valence-corrected chi connectivity index (χ2v) is 8.53. The van der Waals surface area contributed by atoms with Gasteiger partial charge in [-0.2, -0.15) is 0 Å².